The van der Waals surface area contributed by atoms with E-state index < -0.39 is 0 Å². The van der Waals surface area contributed by atoms with Crippen LogP contribution in [0.5, 0.6) is 0 Å². The smallest absolute Gasteiger partial charge is 0.324 e. The molecule has 0 saturated carbocycles. The van der Waals surface area contributed by atoms with E-state index in [0.717, 1.165) is 23.2 Å². The topological polar surface area (TPSA) is 52.7 Å². The van der Waals surface area contributed by atoms with Gasteiger partial charge >= 0.3 is 6.03 Å². The summed E-state index contributed by atoms with van der Waals surface area (Å²) in [6.07, 6.45) is 1.54. The van der Waals surface area contributed by atoms with Crippen molar-refractivity contribution in [1.82, 2.24) is 4.90 Å². The lowest BCUT2D eigenvalue weighted by atomic mass is 9.95. The first-order valence-electron chi connectivity index (χ1n) is 11.4. The van der Waals surface area contributed by atoms with Crippen LogP contribution in [0, 0.1) is 0 Å². The number of hydrogen-bond acceptors (Lipinski definition) is 2. The molecule has 1 aliphatic heterocycles. The van der Waals surface area contributed by atoms with E-state index in [4.69, 9.17) is 23.2 Å². The number of rotatable bonds is 7. The van der Waals surface area contributed by atoms with Crippen LogP contribution < -0.4 is 10.2 Å². The lowest BCUT2D eigenvalue weighted by Crippen LogP contribution is -2.49. The molecule has 3 aromatic rings. The molecule has 1 N–H and O–H groups in total. The number of halogens is 2. The van der Waals surface area contributed by atoms with Gasteiger partial charge in [0.15, 0.2) is 0 Å². The molecule has 0 aromatic heterocycles. The predicted octanol–water partition coefficient (Wildman–Crippen LogP) is 6.96. The van der Waals surface area contributed by atoms with E-state index in [1.54, 1.807) is 21.9 Å². The van der Waals surface area contributed by atoms with Crippen molar-refractivity contribution in [2.75, 3.05) is 23.3 Å². The molecule has 1 atom stereocenters. The highest BCUT2D eigenvalue weighted by Crippen LogP contribution is 2.28. The Labute approximate surface area is 210 Å². The van der Waals surface area contributed by atoms with Crippen LogP contribution in [0.2, 0.25) is 10.0 Å². The van der Waals surface area contributed by atoms with Gasteiger partial charge in [-0.2, -0.15) is 0 Å². The molecule has 0 aliphatic carbocycles. The van der Waals surface area contributed by atoms with Crippen LogP contribution >= 0.6 is 23.2 Å². The van der Waals surface area contributed by atoms with E-state index in [0.29, 0.717) is 41.8 Å². The van der Waals surface area contributed by atoms with E-state index in [1.807, 2.05) is 67.6 Å². The van der Waals surface area contributed by atoms with Crippen molar-refractivity contribution in [3.8, 4) is 0 Å². The van der Waals surface area contributed by atoms with E-state index in [1.165, 1.54) is 0 Å². The van der Waals surface area contributed by atoms with Gasteiger partial charge in [0.05, 0.1) is 16.0 Å². The minimum Gasteiger partial charge on any atom is -0.325 e. The van der Waals surface area contributed by atoms with Crippen LogP contribution in [0.15, 0.2) is 72.8 Å². The number of carbonyl (C=O) groups is 2. The van der Waals surface area contributed by atoms with Crippen molar-refractivity contribution >= 4 is 46.5 Å². The first kappa shape index (κ1) is 24.1. The molecule has 0 bridgehead atoms. The Bertz CT molecular complexity index is 1170. The zero-order chi connectivity index (χ0) is 24.1. The molecule has 1 saturated heterocycles. The molecule has 7 heteroatoms. The SMILES string of the molecule is CC[C@H](C(=O)Nc1cccc(N2CCCN(Cc3ccc(Cl)c(Cl)c3)C2=O)c1)c1ccccc1. The van der Waals surface area contributed by atoms with E-state index >= 15 is 0 Å². The molecular formula is C27H27Cl2N3O2. The van der Waals surface area contributed by atoms with Gasteiger partial charge in [-0.25, -0.2) is 4.79 Å². The molecule has 1 fully saturated rings. The summed E-state index contributed by atoms with van der Waals surface area (Å²) in [6.45, 7) is 3.75. The average Bonchev–Trinajstić information content (AvgIpc) is 2.84. The average molecular weight is 496 g/mol. The van der Waals surface area contributed by atoms with Gasteiger partial charge in [0.25, 0.3) is 0 Å². The summed E-state index contributed by atoms with van der Waals surface area (Å²) in [4.78, 5) is 29.8. The number of hydrogen-bond donors (Lipinski definition) is 1. The Morgan fingerprint density at radius 3 is 2.50 bits per heavy atom. The number of nitrogens with one attached hydrogen (secondary N) is 1. The van der Waals surface area contributed by atoms with Gasteiger partial charge in [0, 0.05) is 31.0 Å². The summed E-state index contributed by atoms with van der Waals surface area (Å²) >= 11 is 12.2. The Balaban J connectivity index is 1.47. The normalized spacial score (nSPS) is 14.7. The van der Waals surface area contributed by atoms with Crippen LogP contribution in [0.25, 0.3) is 0 Å². The Morgan fingerprint density at radius 1 is 0.971 bits per heavy atom. The van der Waals surface area contributed by atoms with E-state index in [9.17, 15) is 9.59 Å². The monoisotopic (exact) mass is 495 g/mol. The van der Waals surface area contributed by atoms with Crippen molar-refractivity contribution in [2.24, 2.45) is 0 Å². The fraction of sp³-hybridized carbons (Fsp3) is 0.259. The molecule has 1 heterocycles. The number of benzene rings is 3. The fourth-order valence-electron chi connectivity index (χ4n) is 4.27. The summed E-state index contributed by atoms with van der Waals surface area (Å²) in [7, 11) is 0. The summed E-state index contributed by atoms with van der Waals surface area (Å²) in [5, 5.41) is 4.00. The molecule has 1 aliphatic rings. The number of nitrogens with zero attached hydrogens (tertiary/aromatic N) is 2. The van der Waals surface area contributed by atoms with E-state index in [2.05, 4.69) is 5.32 Å². The highest BCUT2D eigenvalue weighted by atomic mass is 35.5. The molecular weight excluding hydrogens is 469 g/mol. The summed E-state index contributed by atoms with van der Waals surface area (Å²) < 4.78 is 0. The number of carbonyl (C=O) groups excluding carboxylic acids is 2. The predicted molar refractivity (Wildman–Crippen MR) is 139 cm³/mol. The van der Waals surface area contributed by atoms with Gasteiger partial charge in [-0.3, -0.25) is 9.69 Å². The maximum Gasteiger partial charge on any atom is 0.324 e. The molecule has 0 radical (unpaired) electrons. The van der Waals surface area contributed by atoms with Gasteiger partial charge in [0.1, 0.15) is 0 Å². The van der Waals surface area contributed by atoms with Crippen LogP contribution in [0.3, 0.4) is 0 Å². The molecule has 4 rings (SSSR count). The highest BCUT2D eigenvalue weighted by molar-refractivity contribution is 6.42. The molecule has 176 valence electrons. The number of anilines is 2. The Morgan fingerprint density at radius 2 is 1.76 bits per heavy atom. The maximum absolute atomic E-state index is 13.3. The second kappa shape index (κ2) is 10.9. The zero-order valence-electron chi connectivity index (χ0n) is 19.0. The van der Waals surface area contributed by atoms with E-state index in [-0.39, 0.29) is 17.9 Å². The minimum atomic E-state index is -0.233. The largest absolute Gasteiger partial charge is 0.325 e. The summed E-state index contributed by atoms with van der Waals surface area (Å²) in [6, 6.07) is 22.6. The van der Waals surface area contributed by atoms with Gasteiger partial charge < -0.3 is 10.2 Å². The standard InChI is InChI=1S/C27H27Cl2N3O2/c1-2-23(20-8-4-3-5-9-20)26(33)30-21-10-6-11-22(17-21)32-15-7-14-31(27(32)34)18-19-12-13-24(28)25(29)16-19/h3-6,8-13,16-17,23H,2,7,14-15,18H2,1H3,(H,30,33)/t23-/m0/s1. The van der Waals surface area contributed by atoms with Gasteiger partial charge in [-0.15, -0.1) is 0 Å². The second-order valence-corrected chi connectivity index (χ2v) is 9.18. The van der Waals surface area contributed by atoms with Gasteiger partial charge in [-0.05, 0) is 54.3 Å². The van der Waals surface area contributed by atoms with Crippen LogP contribution in [-0.4, -0.2) is 29.9 Å². The first-order valence-corrected chi connectivity index (χ1v) is 12.2. The third-order valence-electron chi connectivity index (χ3n) is 6.02. The van der Waals surface area contributed by atoms with Crippen molar-refractivity contribution in [3.63, 3.8) is 0 Å². The summed E-state index contributed by atoms with van der Waals surface area (Å²) in [5.74, 6) is -0.291. The first-order chi connectivity index (χ1) is 16.5. The number of urea groups is 1. The van der Waals surface area contributed by atoms with Gasteiger partial charge in [0.2, 0.25) is 5.91 Å². The van der Waals surface area contributed by atoms with Gasteiger partial charge in [-0.1, -0.05) is 72.6 Å². The molecule has 5 nitrogen and oxygen atoms in total. The molecule has 0 spiro atoms. The Kier molecular flexibility index (Phi) is 7.76. The van der Waals surface area contributed by atoms with Crippen molar-refractivity contribution in [3.05, 3.63) is 94.0 Å². The van der Waals surface area contributed by atoms with Crippen LogP contribution in [0.1, 0.15) is 36.8 Å². The highest BCUT2D eigenvalue weighted by Gasteiger charge is 2.27. The minimum absolute atomic E-state index is 0.0583. The maximum atomic E-state index is 13.3. The molecule has 34 heavy (non-hydrogen) atoms. The van der Waals surface area contributed by atoms with Crippen LogP contribution in [0.4, 0.5) is 16.2 Å². The van der Waals surface area contributed by atoms with Crippen molar-refractivity contribution < 1.29 is 9.59 Å². The second-order valence-electron chi connectivity index (χ2n) is 8.37. The molecule has 3 amide bonds. The third kappa shape index (κ3) is 5.54. The molecule has 0 unspecified atom stereocenters. The third-order valence-corrected chi connectivity index (χ3v) is 6.76. The number of amides is 3. The lowest BCUT2D eigenvalue weighted by molar-refractivity contribution is -0.117. The van der Waals surface area contributed by atoms with Crippen LogP contribution in [-0.2, 0) is 11.3 Å². The Hall–Kier alpha value is -3.02. The quantitative estimate of drug-likeness (QED) is 0.385. The van der Waals surface area contributed by atoms with Crippen molar-refractivity contribution in [2.45, 2.75) is 32.2 Å². The lowest BCUT2D eigenvalue weighted by Gasteiger charge is -2.36. The fourth-order valence-corrected chi connectivity index (χ4v) is 4.59. The zero-order valence-corrected chi connectivity index (χ0v) is 20.5. The molecule has 3 aromatic carbocycles. The summed E-state index contributed by atoms with van der Waals surface area (Å²) in [5.41, 5.74) is 3.35. The van der Waals surface area contributed by atoms with Crippen molar-refractivity contribution in [1.29, 1.82) is 0 Å².